The van der Waals surface area contributed by atoms with Crippen LogP contribution in [-0.2, 0) is 22.7 Å². The Hall–Kier alpha value is -2.73. The second kappa shape index (κ2) is 7.23. The Balaban J connectivity index is 1.79. The molecular weight excluding hydrogens is 304 g/mol. The van der Waals surface area contributed by atoms with Gasteiger partial charge in [0.05, 0.1) is 22.8 Å². The number of nitrogens with one attached hydrogen (secondary N) is 1. The zero-order chi connectivity index (χ0) is 16.9. The fourth-order valence-electron chi connectivity index (χ4n) is 2.68. The number of amides is 1. The van der Waals surface area contributed by atoms with Gasteiger partial charge in [-0.2, -0.15) is 0 Å². The van der Waals surface area contributed by atoms with Crippen LogP contribution in [-0.4, -0.2) is 27.6 Å². The smallest absolute Gasteiger partial charge is 0.240 e. The van der Waals surface area contributed by atoms with Crippen LogP contribution < -0.4 is 5.32 Å². The van der Waals surface area contributed by atoms with Gasteiger partial charge in [-0.1, -0.05) is 18.2 Å². The third-order valence-corrected chi connectivity index (χ3v) is 3.82. The van der Waals surface area contributed by atoms with Crippen LogP contribution in [0.3, 0.4) is 0 Å². The van der Waals surface area contributed by atoms with Crippen LogP contribution in [0.1, 0.15) is 24.5 Å². The summed E-state index contributed by atoms with van der Waals surface area (Å²) in [6.07, 6.45) is 1.72. The van der Waals surface area contributed by atoms with Crippen LogP contribution in [0.5, 0.6) is 0 Å². The fraction of sp³-hybridized carbons (Fsp3) is 0.278. The van der Waals surface area contributed by atoms with Gasteiger partial charge in [0, 0.05) is 13.3 Å². The molecule has 0 fully saturated rings. The number of imidazole rings is 1. The maximum absolute atomic E-state index is 12.5. The van der Waals surface area contributed by atoms with E-state index in [-0.39, 0.29) is 18.5 Å². The second-order valence-corrected chi connectivity index (χ2v) is 5.58. The van der Waals surface area contributed by atoms with Gasteiger partial charge in [0.2, 0.25) is 5.91 Å². The van der Waals surface area contributed by atoms with Crippen molar-refractivity contribution in [2.45, 2.75) is 26.1 Å². The van der Waals surface area contributed by atoms with Crippen molar-refractivity contribution in [1.29, 1.82) is 0 Å². The quantitative estimate of drug-likeness (QED) is 0.756. The maximum Gasteiger partial charge on any atom is 0.240 e. The number of fused-ring (bicyclic) bond motifs is 1. The van der Waals surface area contributed by atoms with E-state index in [0.717, 1.165) is 22.6 Å². The van der Waals surface area contributed by atoms with Gasteiger partial charge in [0.15, 0.2) is 0 Å². The number of carbonyl (C=O) groups is 1. The second-order valence-electron chi connectivity index (χ2n) is 5.58. The van der Waals surface area contributed by atoms with Crippen molar-refractivity contribution in [3.63, 3.8) is 0 Å². The van der Waals surface area contributed by atoms with Crippen LogP contribution in [0.2, 0.25) is 0 Å². The molecule has 1 atom stereocenters. The van der Waals surface area contributed by atoms with Gasteiger partial charge in [-0.05, 0) is 31.2 Å². The molecule has 0 radical (unpaired) electrons. The number of ether oxygens (including phenoxy) is 1. The van der Waals surface area contributed by atoms with E-state index in [9.17, 15) is 4.79 Å². The van der Waals surface area contributed by atoms with Crippen molar-refractivity contribution < 1.29 is 9.53 Å². The lowest BCUT2D eigenvalue weighted by Crippen LogP contribution is -2.31. The Bertz CT molecular complexity index is 829. The Kier molecular flexibility index (Phi) is 4.86. The van der Waals surface area contributed by atoms with Crippen LogP contribution in [0.25, 0.3) is 11.0 Å². The molecule has 24 heavy (non-hydrogen) atoms. The van der Waals surface area contributed by atoms with E-state index in [4.69, 9.17) is 4.74 Å². The molecule has 0 bridgehead atoms. The summed E-state index contributed by atoms with van der Waals surface area (Å²) in [5.41, 5.74) is 2.61. The van der Waals surface area contributed by atoms with Gasteiger partial charge < -0.3 is 14.6 Å². The number of hydrogen-bond donors (Lipinski definition) is 1. The van der Waals surface area contributed by atoms with Crippen molar-refractivity contribution in [2.75, 3.05) is 7.11 Å². The normalized spacial score (nSPS) is 12.2. The number of para-hydroxylation sites is 2. The molecule has 0 saturated heterocycles. The zero-order valence-corrected chi connectivity index (χ0v) is 13.8. The summed E-state index contributed by atoms with van der Waals surface area (Å²) < 4.78 is 7.09. The van der Waals surface area contributed by atoms with Crippen molar-refractivity contribution in [3.8, 4) is 0 Å². The monoisotopic (exact) mass is 324 g/mol. The largest absolute Gasteiger partial charge is 0.377 e. The van der Waals surface area contributed by atoms with E-state index < -0.39 is 0 Å². The van der Waals surface area contributed by atoms with E-state index >= 15 is 0 Å². The van der Waals surface area contributed by atoms with Crippen LogP contribution >= 0.6 is 0 Å². The highest BCUT2D eigenvalue weighted by molar-refractivity contribution is 5.81. The van der Waals surface area contributed by atoms with Gasteiger partial charge in [0.25, 0.3) is 0 Å². The van der Waals surface area contributed by atoms with E-state index in [1.165, 1.54) is 0 Å². The van der Waals surface area contributed by atoms with E-state index in [1.54, 1.807) is 13.3 Å². The summed E-state index contributed by atoms with van der Waals surface area (Å²) in [7, 11) is 1.62. The van der Waals surface area contributed by atoms with Gasteiger partial charge >= 0.3 is 0 Å². The molecule has 6 nitrogen and oxygen atoms in total. The molecule has 3 aromatic rings. The first-order chi connectivity index (χ1) is 11.7. The lowest BCUT2D eigenvalue weighted by Gasteiger charge is -2.15. The van der Waals surface area contributed by atoms with E-state index in [1.807, 2.05) is 54.0 Å². The number of rotatable bonds is 6. The molecule has 124 valence electrons. The predicted octanol–water partition coefficient (Wildman–Crippen LogP) is 2.46. The first kappa shape index (κ1) is 16.1. The topological polar surface area (TPSA) is 69.0 Å². The molecule has 0 aliphatic heterocycles. The average molecular weight is 324 g/mol. The Morgan fingerprint density at radius 2 is 2.04 bits per heavy atom. The number of pyridine rings is 1. The lowest BCUT2D eigenvalue weighted by molar-refractivity contribution is -0.122. The van der Waals surface area contributed by atoms with Crippen LogP contribution in [0, 0.1) is 0 Å². The number of carbonyl (C=O) groups excluding carboxylic acids is 1. The SMILES string of the molecule is COCc1nc2ccccc2n1CC(=O)NC(C)c1ccccn1. The molecule has 0 aliphatic carbocycles. The van der Waals surface area contributed by atoms with Crippen molar-refractivity contribution in [2.24, 2.45) is 0 Å². The Morgan fingerprint density at radius 1 is 1.25 bits per heavy atom. The summed E-state index contributed by atoms with van der Waals surface area (Å²) in [5.74, 6) is 0.646. The Morgan fingerprint density at radius 3 is 2.79 bits per heavy atom. The first-order valence-electron chi connectivity index (χ1n) is 7.82. The standard InChI is InChI=1S/C18H20N4O2/c1-13(14-7-5-6-10-19-14)20-18(23)11-22-16-9-4-3-8-15(16)21-17(22)12-24-2/h3-10,13H,11-12H2,1-2H3,(H,20,23). The van der Waals surface area contributed by atoms with Crippen LogP contribution in [0.15, 0.2) is 48.7 Å². The van der Waals surface area contributed by atoms with Crippen molar-refractivity contribution in [1.82, 2.24) is 19.9 Å². The minimum absolute atomic E-state index is 0.0892. The van der Waals surface area contributed by atoms with E-state index in [0.29, 0.717) is 6.61 Å². The summed E-state index contributed by atoms with van der Waals surface area (Å²) in [6.45, 7) is 2.47. The summed E-state index contributed by atoms with van der Waals surface area (Å²) in [6, 6.07) is 13.3. The summed E-state index contributed by atoms with van der Waals surface area (Å²) in [4.78, 5) is 21.3. The fourth-order valence-corrected chi connectivity index (χ4v) is 2.68. The number of nitrogens with zero attached hydrogens (tertiary/aromatic N) is 3. The average Bonchev–Trinajstić information content (AvgIpc) is 2.93. The molecule has 0 saturated carbocycles. The third-order valence-electron chi connectivity index (χ3n) is 3.82. The molecule has 1 amide bonds. The molecule has 1 unspecified atom stereocenters. The predicted molar refractivity (Wildman–Crippen MR) is 91.2 cm³/mol. The molecule has 0 aliphatic rings. The minimum atomic E-state index is -0.153. The highest BCUT2D eigenvalue weighted by Gasteiger charge is 2.15. The van der Waals surface area contributed by atoms with Gasteiger partial charge in [-0.25, -0.2) is 4.98 Å². The van der Waals surface area contributed by atoms with Crippen molar-refractivity contribution >= 4 is 16.9 Å². The number of aromatic nitrogens is 3. The zero-order valence-electron chi connectivity index (χ0n) is 13.8. The summed E-state index contributed by atoms with van der Waals surface area (Å²) in [5, 5.41) is 2.98. The molecular formula is C18H20N4O2. The van der Waals surface area contributed by atoms with Crippen LogP contribution in [0.4, 0.5) is 0 Å². The molecule has 0 spiro atoms. The van der Waals surface area contributed by atoms with Gasteiger partial charge in [0.1, 0.15) is 19.0 Å². The van der Waals surface area contributed by atoms with Crippen molar-refractivity contribution in [3.05, 3.63) is 60.2 Å². The number of benzene rings is 1. The number of methoxy groups -OCH3 is 1. The first-order valence-corrected chi connectivity index (χ1v) is 7.82. The van der Waals surface area contributed by atoms with Gasteiger partial charge in [-0.15, -0.1) is 0 Å². The Labute approximate surface area is 140 Å². The van der Waals surface area contributed by atoms with E-state index in [2.05, 4.69) is 15.3 Å². The molecule has 2 heterocycles. The highest BCUT2D eigenvalue weighted by Crippen LogP contribution is 2.17. The molecule has 3 rings (SSSR count). The molecule has 6 heteroatoms. The molecule has 2 aromatic heterocycles. The highest BCUT2D eigenvalue weighted by atomic mass is 16.5. The summed E-state index contributed by atoms with van der Waals surface area (Å²) >= 11 is 0. The molecule has 1 N–H and O–H groups in total. The minimum Gasteiger partial charge on any atom is -0.377 e. The number of hydrogen-bond acceptors (Lipinski definition) is 4. The third kappa shape index (κ3) is 3.44. The maximum atomic E-state index is 12.5. The van der Waals surface area contributed by atoms with Gasteiger partial charge in [-0.3, -0.25) is 9.78 Å². The molecule has 1 aromatic carbocycles. The lowest BCUT2D eigenvalue weighted by atomic mass is 10.2.